The van der Waals surface area contributed by atoms with Crippen LogP contribution in [0, 0.1) is 0 Å². The summed E-state index contributed by atoms with van der Waals surface area (Å²) in [6, 6.07) is 41.9. The van der Waals surface area contributed by atoms with Gasteiger partial charge in [0, 0.05) is 24.3 Å². The number of para-hydroxylation sites is 2. The van der Waals surface area contributed by atoms with Gasteiger partial charge in [-0.25, -0.2) is 9.22 Å². The third-order valence-electron chi connectivity index (χ3n) is 8.90. The fourth-order valence-electron chi connectivity index (χ4n) is 6.67. The summed E-state index contributed by atoms with van der Waals surface area (Å²) in [7, 11) is 0. The molecule has 4 heterocycles. The van der Waals surface area contributed by atoms with Gasteiger partial charge in [-0.1, -0.05) is 129 Å². The van der Waals surface area contributed by atoms with Gasteiger partial charge in [-0.15, -0.1) is 0 Å². The van der Waals surface area contributed by atoms with Gasteiger partial charge in [0.2, 0.25) is 0 Å². The van der Waals surface area contributed by atoms with E-state index in [0.717, 1.165) is 33.7 Å². The first-order chi connectivity index (χ1) is 24.3. The molecule has 50 heavy (non-hydrogen) atoms. The number of benzene rings is 6. The van der Waals surface area contributed by atoms with Crippen molar-refractivity contribution in [3.63, 3.8) is 0 Å². The third-order valence-corrected chi connectivity index (χ3v) is 10.3. The molecule has 0 N–H and O–H groups in total. The van der Waals surface area contributed by atoms with E-state index in [1.807, 2.05) is 109 Å². The average molecular weight is 738 g/mol. The van der Waals surface area contributed by atoms with Crippen LogP contribution in [0.3, 0.4) is 0 Å². The topological polar surface area (TPSA) is 67.7 Å². The molecule has 0 bridgehead atoms. The Morgan fingerprint density at radius 3 is 1.04 bits per heavy atom. The highest BCUT2D eigenvalue weighted by molar-refractivity contribution is 6.78. The second-order valence-corrected chi connectivity index (χ2v) is 13.5. The molecule has 244 valence electrons. The summed E-state index contributed by atoms with van der Waals surface area (Å²) in [5, 5.41) is 11.2. The van der Waals surface area contributed by atoms with Crippen molar-refractivity contribution >= 4 is 93.5 Å². The van der Waals surface area contributed by atoms with Gasteiger partial charge in [0.25, 0.3) is 0 Å². The van der Waals surface area contributed by atoms with Crippen molar-refractivity contribution < 1.29 is 27.8 Å². The minimum Gasteiger partial charge on any atom is -0.615 e. The highest BCUT2D eigenvalue weighted by Gasteiger charge is 2.62. The molecule has 0 amide bonds. The maximum absolute atomic E-state index is 6.31. The van der Waals surface area contributed by atoms with Crippen LogP contribution in [0.1, 0.15) is 0 Å². The van der Waals surface area contributed by atoms with Gasteiger partial charge in [0.05, 0.1) is 20.1 Å². The van der Waals surface area contributed by atoms with Crippen molar-refractivity contribution in [2.75, 3.05) is 0 Å². The number of azo groups is 2. The van der Waals surface area contributed by atoms with Crippen LogP contribution >= 0.6 is 46.4 Å². The zero-order valence-corrected chi connectivity index (χ0v) is 28.8. The Balaban J connectivity index is 0.000000135. The van der Waals surface area contributed by atoms with Crippen molar-refractivity contribution in [1.29, 1.82) is 0 Å². The molecule has 2 spiro atoms. The molecule has 4 aliphatic rings. The lowest BCUT2D eigenvalue weighted by Crippen LogP contribution is -2.61. The summed E-state index contributed by atoms with van der Waals surface area (Å²) < 4.78 is 28.9. The quantitative estimate of drug-likeness (QED) is 0.166. The number of halogens is 4. The standard InChI is InChI=1S/2C18H11BCl2N2O2/c2*20-14-10-17-18(11-15(14)21)25-19(24-17)13-8-4-5-9-16(13)22-23(19)12-6-2-1-3-7-12/h2*1-11H. The number of hydrogen-bond donors (Lipinski definition) is 0. The van der Waals surface area contributed by atoms with Crippen molar-refractivity contribution in [3.8, 4) is 23.0 Å². The van der Waals surface area contributed by atoms with Crippen LogP contribution in [-0.2, 0) is 0 Å². The monoisotopic (exact) mass is 736 g/mol. The van der Waals surface area contributed by atoms with Crippen LogP contribution in [0.25, 0.3) is 0 Å². The molecule has 6 aromatic carbocycles. The van der Waals surface area contributed by atoms with Crippen LogP contribution in [0.4, 0.5) is 22.7 Å². The van der Waals surface area contributed by atoms with Crippen LogP contribution in [0.15, 0.2) is 144 Å². The lowest BCUT2D eigenvalue weighted by molar-refractivity contribution is -0.396. The summed E-state index contributed by atoms with van der Waals surface area (Å²) in [6.45, 7) is -4.09. The summed E-state index contributed by atoms with van der Waals surface area (Å²) in [6.07, 6.45) is 0. The number of nitrogens with zero attached hydrogens (tertiary/aromatic N) is 4. The Kier molecular flexibility index (Phi) is 7.33. The molecule has 10 rings (SSSR count). The van der Waals surface area contributed by atoms with Gasteiger partial charge in [0.1, 0.15) is 34.4 Å². The molecule has 8 nitrogen and oxygen atoms in total. The zero-order valence-electron chi connectivity index (χ0n) is 25.8. The minimum absolute atomic E-state index is 0.423. The predicted molar refractivity (Wildman–Crippen MR) is 196 cm³/mol. The molecular weight excluding hydrogens is 716 g/mol. The number of rotatable bonds is 2. The molecule has 0 fully saturated rings. The normalized spacial score (nSPS) is 16.0. The van der Waals surface area contributed by atoms with Crippen molar-refractivity contribution in [2.24, 2.45) is 10.2 Å². The van der Waals surface area contributed by atoms with Crippen LogP contribution in [-0.4, -0.2) is 22.6 Å². The smallest absolute Gasteiger partial charge is 0.615 e. The van der Waals surface area contributed by atoms with Crippen molar-refractivity contribution in [1.82, 2.24) is 0 Å². The zero-order chi connectivity index (χ0) is 34.0. The van der Waals surface area contributed by atoms with Crippen molar-refractivity contribution in [3.05, 3.63) is 154 Å². The van der Waals surface area contributed by atoms with E-state index in [2.05, 4.69) is 0 Å². The average Bonchev–Trinajstić information content (AvgIpc) is 3.87. The number of fused-ring (bicyclic) bond motifs is 6. The Morgan fingerprint density at radius 1 is 0.400 bits per heavy atom. The number of hydrogen-bond acceptors (Lipinski definition) is 6. The third kappa shape index (κ3) is 4.86. The van der Waals surface area contributed by atoms with Crippen molar-refractivity contribution in [2.45, 2.75) is 0 Å². The summed E-state index contributed by atoms with van der Waals surface area (Å²) in [5.41, 5.74) is 5.16. The molecule has 0 saturated carbocycles. The first-order valence-electron chi connectivity index (χ1n) is 15.7. The van der Waals surface area contributed by atoms with Gasteiger partial charge >= 0.3 is 13.4 Å². The van der Waals surface area contributed by atoms with E-state index in [1.54, 1.807) is 33.5 Å². The van der Waals surface area contributed by atoms with E-state index >= 15 is 0 Å². The van der Waals surface area contributed by atoms with E-state index in [0.29, 0.717) is 43.1 Å². The molecule has 0 radical (unpaired) electrons. The van der Waals surface area contributed by atoms with Gasteiger partial charge in [-0.05, 0) is 47.3 Å². The lowest BCUT2D eigenvalue weighted by atomic mass is 9.63. The second-order valence-electron chi connectivity index (χ2n) is 11.9. The van der Waals surface area contributed by atoms with Crippen LogP contribution in [0.2, 0.25) is 20.1 Å². The highest BCUT2D eigenvalue weighted by atomic mass is 35.5. The van der Waals surface area contributed by atoms with Gasteiger partial charge in [-0.3, -0.25) is 0 Å². The Labute approximate surface area is 306 Å². The summed E-state index contributed by atoms with van der Waals surface area (Å²) >= 11 is 24.6. The molecule has 6 aromatic rings. The molecule has 0 unspecified atom stereocenters. The summed E-state index contributed by atoms with van der Waals surface area (Å²) in [4.78, 5) is 0. The maximum Gasteiger partial charge on any atom is 0.711 e. The van der Waals surface area contributed by atoms with Gasteiger partial charge in [-0.2, -0.15) is 0 Å². The van der Waals surface area contributed by atoms with E-state index in [1.165, 1.54) is 0 Å². The van der Waals surface area contributed by atoms with E-state index in [-0.39, 0.29) is 0 Å². The van der Waals surface area contributed by atoms with Gasteiger partial charge < -0.3 is 18.6 Å². The van der Waals surface area contributed by atoms with Crippen LogP contribution < -0.4 is 29.5 Å². The molecule has 0 aromatic heterocycles. The molecule has 0 aliphatic carbocycles. The highest BCUT2D eigenvalue weighted by Crippen LogP contribution is 2.47. The van der Waals surface area contributed by atoms with Crippen LogP contribution in [0.5, 0.6) is 23.0 Å². The summed E-state index contributed by atoms with van der Waals surface area (Å²) in [5.74, 6) is 2.23. The molecule has 0 saturated heterocycles. The second kappa shape index (κ2) is 11.8. The fraction of sp³-hybridized carbons (Fsp3) is 0. The molecular formula is C36H22B2Cl4N4O4. The van der Waals surface area contributed by atoms with E-state index < -0.39 is 13.4 Å². The Morgan fingerprint density at radius 2 is 0.700 bits per heavy atom. The molecule has 14 heteroatoms. The minimum atomic E-state index is -2.05. The largest absolute Gasteiger partial charge is 0.711 e. The maximum atomic E-state index is 6.31. The van der Waals surface area contributed by atoms with E-state index in [4.69, 9.17) is 75.2 Å². The van der Waals surface area contributed by atoms with Gasteiger partial charge in [0.15, 0.2) is 11.4 Å². The Bertz CT molecular complexity index is 2190. The first-order valence-corrected chi connectivity index (χ1v) is 17.2. The van der Waals surface area contributed by atoms with E-state index in [9.17, 15) is 0 Å². The Hall–Kier alpha value is -4.99. The fourth-order valence-corrected chi connectivity index (χ4v) is 7.29. The predicted octanol–water partition coefficient (Wildman–Crippen LogP) is 10.1. The molecule has 0 atom stereocenters. The lowest BCUT2D eigenvalue weighted by Gasteiger charge is -2.24. The SMILES string of the molecule is Clc1cc2c(cc1Cl)O[B-]1(O2)c2ccccc2N=[N+]1c1ccccc1.Clc1cc2c(cc1Cl)O[B-]1(O2)c2ccccc2N=[N+]1c1ccccc1. The first kappa shape index (κ1) is 31.0. The molecule has 4 aliphatic heterocycles.